The molecule has 0 atom stereocenters. The number of nitrogens with one attached hydrogen (secondary N) is 1. The van der Waals surface area contributed by atoms with Gasteiger partial charge in [0, 0.05) is 6.92 Å². The Morgan fingerprint density at radius 3 is 1.44 bits per heavy atom. The fourth-order valence-corrected chi connectivity index (χ4v) is 4.50. The molecule has 3 nitrogen and oxygen atoms in total. The van der Waals surface area contributed by atoms with Gasteiger partial charge in [-0.15, -0.1) is 11.8 Å². The lowest BCUT2D eigenvalue weighted by Crippen LogP contribution is -2.33. The Morgan fingerprint density at radius 1 is 0.741 bits per heavy atom. The van der Waals surface area contributed by atoms with E-state index < -0.39 is 4.75 Å². The van der Waals surface area contributed by atoms with E-state index in [-0.39, 0.29) is 17.6 Å². The highest BCUT2D eigenvalue weighted by Gasteiger charge is 2.37. The fourth-order valence-electron chi connectivity index (χ4n) is 3.17. The Labute approximate surface area is 163 Å². The molecule has 0 heterocycles. The summed E-state index contributed by atoms with van der Waals surface area (Å²) in [6.45, 7) is 1.35. The molecule has 0 aliphatic heterocycles. The molecule has 4 heteroatoms. The van der Waals surface area contributed by atoms with Crippen molar-refractivity contribution in [1.29, 1.82) is 0 Å². The summed E-state index contributed by atoms with van der Waals surface area (Å²) in [6.07, 6.45) is 0. The van der Waals surface area contributed by atoms with Crippen molar-refractivity contribution in [2.24, 2.45) is 0 Å². The summed E-state index contributed by atoms with van der Waals surface area (Å²) in [5.41, 5.74) is 3.26. The molecule has 3 aromatic rings. The number of benzene rings is 3. The molecule has 0 saturated carbocycles. The number of carbonyl (C=O) groups is 2. The van der Waals surface area contributed by atoms with E-state index in [1.807, 2.05) is 54.6 Å². The van der Waals surface area contributed by atoms with Gasteiger partial charge in [0.05, 0.1) is 10.5 Å². The molecular formula is C23H21NO2S. The zero-order chi connectivity index (χ0) is 19.1. The summed E-state index contributed by atoms with van der Waals surface area (Å²) in [7, 11) is 0. The van der Waals surface area contributed by atoms with Crippen LogP contribution in [0.15, 0.2) is 91.0 Å². The molecule has 0 aliphatic carbocycles. The van der Waals surface area contributed by atoms with Crippen molar-refractivity contribution in [1.82, 2.24) is 5.32 Å². The highest BCUT2D eigenvalue weighted by molar-refractivity contribution is 8.01. The molecule has 1 N–H and O–H groups in total. The molecule has 2 amide bonds. The highest BCUT2D eigenvalue weighted by atomic mass is 32.2. The van der Waals surface area contributed by atoms with Crippen molar-refractivity contribution >= 4 is 23.6 Å². The topological polar surface area (TPSA) is 46.2 Å². The molecule has 0 aromatic heterocycles. The van der Waals surface area contributed by atoms with E-state index in [1.54, 1.807) is 0 Å². The molecule has 0 bridgehead atoms. The van der Waals surface area contributed by atoms with E-state index in [2.05, 4.69) is 41.7 Å². The summed E-state index contributed by atoms with van der Waals surface area (Å²) in [5, 5.41) is 2.37. The molecule has 27 heavy (non-hydrogen) atoms. The average molecular weight is 375 g/mol. The van der Waals surface area contributed by atoms with Crippen molar-refractivity contribution in [2.75, 3.05) is 5.75 Å². The van der Waals surface area contributed by atoms with Gasteiger partial charge in [-0.2, -0.15) is 0 Å². The first-order chi connectivity index (χ1) is 13.1. The van der Waals surface area contributed by atoms with Crippen molar-refractivity contribution in [3.05, 3.63) is 108 Å². The average Bonchev–Trinajstić information content (AvgIpc) is 2.70. The smallest absolute Gasteiger partial charge is 0.236 e. The van der Waals surface area contributed by atoms with Crippen LogP contribution in [0.5, 0.6) is 0 Å². The van der Waals surface area contributed by atoms with Crippen LogP contribution in [0.25, 0.3) is 0 Å². The van der Waals surface area contributed by atoms with Gasteiger partial charge in [0.25, 0.3) is 0 Å². The van der Waals surface area contributed by atoms with Crippen LogP contribution in [0.4, 0.5) is 0 Å². The van der Waals surface area contributed by atoms with Crippen LogP contribution in [-0.4, -0.2) is 17.6 Å². The summed E-state index contributed by atoms with van der Waals surface area (Å²) < 4.78 is -0.558. The molecule has 0 radical (unpaired) electrons. The molecule has 0 aliphatic rings. The van der Waals surface area contributed by atoms with Gasteiger partial charge in [-0.3, -0.25) is 14.9 Å². The maximum Gasteiger partial charge on any atom is 0.236 e. The van der Waals surface area contributed by atoms with Crippen molar-refractivity contribution in [2.45, 2.75) is 11.7 Å². The first kappa shape index (κ1) is 18.9. The van der Waals surface area contributed by atoms with Crippen LogP contribution in [-0.2, 0) is 14.3 Å². The van der Waals surface area contributed by atoms with Gasteiger partial charge < -0.3 is 0 Å². The minimum Gasteiger partial charge on any atom is -0.296 e. The third kappa shape index (κ3) is 4.29. The zero-order valence-electron chi connectivity index (χ0n) is 15.1. The Hall–Kier alpha value is -2.85. The predicted octanol–water partition coefficient (Wildman–Crippen LogP) is 4.37. The van der Waals surface area contributed by atoms with Gasteiger partial charge in [0.1, 0.15) is 0 Å². The quantitative estimate of drug-likeness (QED) is 0.651. The van der Waals surface area contributed by atoms with Crippen molar-refractivity contribution < 1.29 is 9.59 Å². The van der Waals surface area contributed by atoms with Crippen LogP contribution in [0.2, 0.25) is 0 Å². The lowest BCUT2D eigenvalue weighted by Gasteiger charge is -2.35. The Bertz CT molecular complexity index is 799. The van der Waals surface area contributed by atoms with Crippen LogP contribution in [0.1, 0.15) is 23.6 Å². The lowest BCUT2D eigenvalue weighted by molar-refractivity contribution is -0.127. The summed E-state index contributed by atoms with van der Waals surface area (Å²) in [5.74, 6) is -0.469. The molecule has 136 valence electrons. The first-order valence-electron chi connectivity index (χ1n) is 8.74. The van der Waals surface area contributed by atoms with E-state index in [0.717, 1.165) is 16.7 Å². The minimum atomic E-state index is -0.558. The SMILES string of the molecule is CC(=O)NC(=O)CSC(c1ccccc1)(c1ccccc1)c1ccccc1. The molecule has 0 spiro atoms. The van der Waals surface area contributed by atoms with E-state index in [4.69, 9.17) is 0 Å². The molecule has 0 unspecified atom stereocenters. The predicted molar refractivity (Wildman–Crippen MR) is 110 cm³/mol. The van der Waals surface area contributed by atoms with Crippen molar-refractivity contribution in [3.8, 4) is 0 Å². The summed E-state index contributed by atoms with van der Waals surface area (Å²) in [6, 6.07) is 30.5. The first-order valence-corrected chi connectivity index (χ1v) is 9.72. The van der Waals surface area contributed by atoms with Crippen molar-refractivity contribution in [3.63, 3.8) is 0 Å². The van der Waals surface area contributed by atoms with E-state index in [9.17, 15) is 9.59 Å². The lowest BCUT2D eigenvalue weighted by atomic mass is 9.84. The van der Waals surface area contributed by atoms with Gasteiger partial charge in [-0.25, -0.2) is 0 Å². The van der Waals surface area contributed by atoms with E-state index >= 15 is 0 Å². The molecular weight excluding hydrogens is 354 g/mol. The van der Waals surface area contributed by atoms with Crippen LogP contribution < -0.4 is 5.32 Å². The third-order valence-corrected chi connectivity index (χ3v) is 5.82. The third-order valence-electron chi connectivity index (χ3n) is 4.28. The number of thioether (sulfide) groups is 1. The number of carbonyl (C=O) groups excluding carboxylic acids is 2. The molecule has 3 aromatic carbocycles. The van der Waals surface area contributed by atoms with Gasteiger partial charge in [-0.05, 0) is 16.7 Å². The monoisotopic (exact) mass is 375 g/mol. The number of rotatable bonds is 6. The van der Waals surface area contributed by atoms with Crippen LogP contribution in [0, 0.1) is 0 Å². The number of imide groups is 1. The summed E-state index contributed by atoms with van der Waals surface area (Å²) in [4.78, 5) is 23.5. The van der Waals surface area contributed by atoms with Crippen LogP contribution in [0.3, 0.4) is 0 Å². The van der Waals surface area contributed by atoms with Gasteiger partial charge in [0.2, 0.25) is 11.8 Å². The minimum absolute atomic E-state index is 0.165. The van der Waals surface area contributed by atoms with Gasteiger partial charge in [-0.1, -0.05) is 91.0 Å². The van der Waals surface area contributed by atoms with Gasteiger partial charge in [0.15, 0.2) is 0 Å². The maximum absolute atomic E-state index is 12.2. The van der Waals surface area contributed by atoms with Crippen LogP contribution >= 0.6 is 11.8 Å². The number of hydrogen-bond acceptors (Lipinski definition) is 3. The Morgan fingerprint density at radius 2 is 1.11 bits per heavy atom. The molecule has 0 fully saturated rings. The normalized spacial score (nSPS) is 11.0. The van der Waals surface area contributed by atoms with Gasteiger partial charge >= 0.3 is 0 Å². The zero-order valence-corrected chi connectivity index (χ0v) is 15.9. The highest BCUT2D eigenvalue weighted by Crippen LogP contribution is 2.48. The Balaban J connectivity index is 2.14. The fraction of sp³-hybridized carbons (Fsp3) is 0.130. The second kappa shape index (κ2) is 8.69. The number of amides is 2. The van der Waals surface area contributed by atoms with E-state index in [0.29, 0.717) is 0 Å². The molecule has 0 saturated heterocycles. The molecule has 3 rings (SSSR count). The second-order valence-corrected chi connectivity index (χ2v) is 7.36. The standard InChI is InChI=1S/C23H21NO2S/c1-18(25)24-22(26)17-27-23(19-11-5-2-6-12-19,20-13-7-3-8-14-20)21-15-9-4-10-16-21/h2-16H,17H2,1H3,(H,24,25,26). The maximum atomic E-state index is 12.2. The second-order valence-electron chi connectivity index (χ2n) is 6.17. The largest absolute Gasteiger partial charge is 0.296 e. The Kier molecular flexibility index (Phi) is 6.09. The number of hydrogen-bond donors (Lipinski definition) is 1. The summed E-state index contributed by atoms with van der Waals surface area (Å²) >= 11 is 1.51. The van der Waals surface area contributed by atoms with E-state index in [1.165, 1.54) is 18.7 Å².